The van der Waals surface area contributed by atoms with Crippen LogP contribution < -0.4 is 9.04 Å². The SMILES string of the molecule is N#Cc1ccc(OC[C@@H](O)CN(c2nc3ccccc3s2)S(=O)(=O)c2ccccc2)cc1. The van der Waals surface area contributed by atoms with Crippen molar-refractivity contribution in [3.8, 4) is 11.8 Å². The van der Waals surface area contributed by atoms with Crippen LogP contribution in [0.2, 0.25) is 0 Å². The number of sulfonamides is 1. The van der Waals surface area contributed by atoms with Crippen molar-refractivity contribution in [1.82, 2.24) is 4.98 Å². The summed E-state index contributed by atoms with van der Waals surface area (Å²) in [6.07, 6.45) is -1.11. The van der Waals surface area contributed by atoms with E-state index in [1.807, 2.05) is 30.3 Å². The highest BCUT2D eigenvalue weighted by molar-refractivity contribution is 7.93. The standard InChI is InChI=1S/C23H19N3O4S2/c24-14-17-10-12-19(13-11-17)30-16-18(27)15-26(32(28,29)20-6-2-1-3-7-20)23-25-21-8-4-5-9-22(21)31-23/h1-13,18,27H,15-16H2/t18-/m0/s1. The van der Waals surface area contributed by atoms with Crippen LogP contribution in [0, 0.1) is 11.3 Å². The number of anilines is 1. The first-order valence-electron chi connectivity index (χ1n) is 9.72. The lowest BCUT2D eigenvalue weighted by atomic mass is 10.2. The van der Waals surface area contributed by atoms with Gasteiger partial charge in [0, 0.05) is 0 Å². The van der Waals surface area contributed by atoms with Crippen molar-refractivity contribution in [2.75, 3.05) is 17.5 Å². The Morgan fingerprint density at radius 2 is 1.72 bits per heavy atom. The fourth-order valence-electron chi connectivity index (χ4n) is 3.03. The summed E-state index contributed by atoms with van der Waals surface area (Å²) in [6, 6.07) is 23.9. The molecule has 162 valence electrons. The van der Waals surface area contributed by atoms with E-state index >= 15 is 0 Å². The van der Waals surface area contributed by atoms with Gasteiger partial charge in [-0.05, 0) is 48.5 Å². The number of aliphatic hydroxyl groups excluding tert-OH is 1. The molecule has 0 radical (unpaired) electrons. The third kappa shape index (κ3) is 4.73. The summed E-state index contributed by atoms with van der Waals surface area (Å²) in [5, 5.41) is 19.8. The van der Waals surface area contributed by atoms with Crippen LogP contribution in [0.1, 0.15) is 5.56 Å². The highest BCUT2D eigenvalue weighted by Crippen LogP contribution is 2.32. The zero-order valence-electron chi connectivity index (χ0n) is 16.8. The third-order valence-corrected chi connectivity index (χ3v) is 7.57. The van der Waals surface area contributed by atoms with Crippen LogP contribution in [0.3, 0.4) is 0 Å². The number of fused-ring (bicyclic) bond motifs is 1. The summed E-state index contributed by atoms with van der Waals surface area (Å²) in [4.78, 5) is 4.59. The van der Waals surface area contributed by atoms with Gasteiger partial charge in [-0.3, -0.25) is 0 Å². The summed E-state index contributed by atoms with van der Waals surface area (Å²) in [6.45, 7) is -0.356. The van der Waals surface area contributed by atoms with Crippen molar-refractivity contribution >= 4 is 36.7 Å². The van der Waals surface area contributed by atoms with E-state index in [9.17, 15) is 13.5 Å². The number of hydrogen-bond donors (Lipinski definition) is 1. The summed E-state index contributed by atoms with van der Waals surface area (Å²) < 4.78 is 34.4. The Hall–Kier alpha value is -3.45. The first-order valence-corrected chi connectivity index (χ1v) is 12.0. The maximum absolute atomic E-state index is 13.4. The third-order valence-electron chi connectivity index (χ3n) is 4.63. The topological polar surface area (TPSA) is 104 Å². The van der Waals surface area contributed by atoms with Gasteiger partial charge < -0.3 is 9.84 Å². The fraction of sp³-hybridized carbons (Fsp3) is 0.130. The minimum atomic E-state index is -3.96. The van der Waals surface area contributed by atoms with E-state index in [1.165, 1.54) is 23.5 Å². The van der Waals surface area contributed by atoms with Gasteiger partial charge in [0.2, 0.25) is 5.13 Å². The minimum absolute atomic E-state index is 0.111. The number of nitriles is 1. The van der Waals surface area contributed by atoms with Crippen molar-refractivity contribution in [3.63, 3.8) is 0 Å². The van der Waals surface area contributed by atoms with E-state index in [-0.39, 0.29) is 23.2 Å². The molecule has 4 rings (SSSR count). The van der Waals surface area contributed by atoms with Crippen LogP contribution >= 0.6 is 11.3 Å². The second-order valence-corrected chi connectivity index (χ2v) is 9.79. The number of aliphatic hydroxyl groups is 1. The Balaban J connectivity index is 1.59. The fourth-order valence-corrected chi connectivity index (χ4v) is 5.69. The number of benzene rings is 3. The van der Waals surface area contributed by atoms with Crippen LogP contribution in [0.4, 0.5) is 5.13 Å². The molecule has 32 heavy (non-hydrogen) atoms. The minimum Gasteiger partial charge on any atom is -0.491 e. The summed E-state index contributed by atoms with van der Waals surface area (Å²) in [7, 11) is -3.96. The van der Waals surface area contributed by atoms with Crippen LogP contribution in [0.25, 0.3) is 10.2 Å². The van der Waals surface area contributed by atoms with Crippen molar-refractivity contribution < 1.29 is 18.3 Å². The highest BCUT2D eigenvalue weighted by Gasteiger charge is 2.29. The molecular weight excluding hydrogens is 446 g/mol. The first kappa shape index (κ1) is 21.8. The van der Waals surface area contributed by atoms with Gasteiger partial charge in [-0.1, -0.05) is 41.7 Å². The van der Waals surface area contributed by atoms with Gasteiger partial charge in [0.15, 0.2) is 0 Å². The van der Waals surface area contributed by atoms with E-state index in [1.54, 1.807) is 42.5 Å². The maximum atomic E-state index is 13.4. The molecule has 0 aliphatic heterocycles. The van der Waals surface area contributed by atoms with E-state index in [0.29, 0.717) is 16.8 Å². The number of ether oxygens (including phenoxy) is 1. The second kappa shape index (κ2) is 9.36. The lowest BCUT2D eigenvalue weighted by Crippen LogP contribution is -2.39. The van der Waals surface area contributed by atoms with Crippen molar-refractivity contribution in [2.45, 2.75) is 11.0 Å². The Bertz CT molecular complexity index is 1310. The van der Waals surface area contributed by atoms with Crippen LogP contribution in [0.5, 0.6) is 5.75 Å². The van der Waals surface area contributed by atoms with Gasteiger partial charge in [-0.15, -0.1) is 0 Å². The lowest BCUT2D eigenvalue weighted by molar-refractivity contribution is 0.115. The van der Waals surface area contributed by atoms with E-state index in [2.05, 4.69) is 4.98 Å². The molecule has 0 fully saturated rings. The Labute approximate surface area is 189 Å². The van der Waals surface area contributed by atoms with E-state index < -0.39 is 16.1 Å². The first-order chi connectivity index (χ1) is 15.5. The molecule has 0 aliphatic rings. The van der Waals surface area contributed by atoms with Crippen LogP contribution in [-0.2, 0) is 10.0 Å². The highest BCUT2D eigenvalue weighted by atomic mass is 32.2. The average Bonchev–Trinajstić information content (AvgIpc) is 3.25. The normalized spacial score (nSPS) is 12.2. The molecule has 1 atom stereocenters. The second-order valence-electron chi connectivity index (χ2n) is 6.91. The van der Waals surface area contributed by atoms with Gasteiger partial charge in [-0.25, -0.2) is 17.7 Å². The summed E-state index contributed by atoms with van der Waals surface area (Å²) in [5.74, 6) is 0.473. The molecule has 0 unspecified atom stereocenters. The molecule has 0 saturated carbocycles. The molecule has 4 aromatic rings. The number of nitrogens with zero attached hydrogens (tertiary/aromatic N) is 3. The quantitative estimate of drug-likeness (QED) is 0.424. The predicted octanol–water partition coefficient (Wildman–Crippen LogP) is 3.80. The molecule has 0 bridgehead atoms. The molecule has 1 heterocycles. The molecule has 0 aliphatic carbocycles. The molecule has 1 aromatic heterocycles. The van der Waals surface area contributed by atoms with E-state index in [4.69, 9.17) is 10.00 Å². The number of hydrogen-bond acceptors (Lipinski definition) is 7. The molecule has 0 saturated heterocycles. The average molecular weight is 466 g/mol. The maximum Gasteiger partial charge on any atom is 0.266 e. The molecule has 1 N–H and O–H groups in total. The molecule has 9 heteroatoms. The Morgan fingerprint density at radius 3 is 2.41 bits per heavy atom. The molecule has 7 nitrogen and oxygen atoms in total. The molecule has 3 aromatic carbocycles. The van der Waals surface area contributed by atoms with Crippen molar-refractivity contribution in [2.24, 2.45) is 0 Å². The van der Waals surface area contributed by atoms with Gasteiger partial charge in [0.25, 0.3) is 10.0 Å². The van der Waals surface area contributed by atoms with Crippen LogP contribution in [0.15, 0.2) is 83.8 Å². The van der Waals surface area contributed by atoms with Gasteiger partial charge >= 0.3 is 0 Å². The number of para-hydroxylation sites is 1. The Morgan fingerprint density at radius 1 is 1.03 bits per heavy atom. The zero-order valence-corrected chi connectivity index (χ0v) is 18.5. The predicted molar refractivity (Wildman–Crippen MR) is 123 cm³/mol. The summed E-state index contributed by atoms with van der Waals surface area (Å²) >= 11 is 1.24. The van der Waals surface area contributed by atoms with E-state index in [0.717, 1.165) is 9.01 Å². The molecular formula is C23H19N3O4S2. The smallest absolute Gasteiger partial charge is 0.266 e. The van der Waals surface area contributed by atoms with Gasteiger partial charge in [0.05, 0.1) is 33.3 Å². The van der Waals surface area contributed by atoms with Crippen LogP contribution in [-0.4, -0.2) is 37.8 Å². The molecule has 0 spiro atoms. The molecule has 0 amide bonds. The van der Waals surface area contributed by atoms with Gasteiger partial charge in [-0.2, -0.15) is 5.26 Å². The zero-order chi connectivity index (χ0) is 22.6. The van der Waals surface area contributed by atoms with Crippen molar-refractivity contribution in [3.05, 3.63) is 84.4 Å². The number of thiazole rings is 1. The lowest BCUT2D eigenvalue weighted by Gasteiger charge is -2.24. The number of aromatic nitrogens is 1. The monoisotopic (exact) mass is 465 g/mol. The Kier molecular flexibility index (Phi) is 6.37. The van der Waals surface area contributed by atoms with Crippen molar-refractivity contribution in [1.29, 1.82) is 5.26 Å². The summed E-state index contributed by atoms with van der Waals surface area (Å²) in [5.41, 5.74) is 1.18. The largest absolute Gasteiger partial charge is 0.491 e. The van der Waals surface area contributed by atoms with Gasteiger partial charge in [0.1, 0.15) is 18.5 Å². The number of rotatable bonds is 8.